The minimum Gasteiger partial charge on any atom is -0.336 e. The van der Waals surface area contributed by atoms with Crippen LogP contribution in [0.5, 0.6) is 0 Å². The summed E-state index contributed by atoms with van der Waals surface area (Å²) in [7, 11) is 0. The fourth-order valence-corrected chi connectivity index (χ4v) is 1.74. The number of hydrogen-bond acceptors (Lipinski definition) is 5. The molecular weight excluding hydrogens is 302 g/mol. The van der Waals surface area contributed by atoms with Crippen LogP contribution in [0.3, 0.4) is 0 Å². The molecule has 0 spiro atoms. The number of carbonyl (C=O) groups excluding carboxylic acids is 4. The molecule has 8 nitrogen and oxygen atoms in total. The minimum atomic E-state index is -0.507. The van der Waals surface area contributed by atoms with Gasteiger partial charge < -0.3 is 15.5 Å². The van der Waals surface area contributed by atoms with Gasteiger partial charge in [-0.3, -0.25) is 9.59 Å². The molecule has 0 aromatic rings. The molecule has 2 saturated heterocycles. The summed E-state index contributed by atoms with van der Waals surface area (Å²) >= 11 is 0. The number of nitrogens with one attached hydrogen (secondary N) is 2. The van der Waals surface area contributed by atoms with Gasteiger partial charge in [0.1, 0.15) is 0 Å². The molecular formula is C15H27N3O5. The average molecular weight is 329 g/mol. The summed E-state index contributed by atoms with van der Waals surface area (Å²) in [5, 5.41) is 5.73. The van der Waals surface area contributed by atoms with E-state index in [2.05, 4.69) is 15.5 Å². The first-order chi connectivity index (χ1) is 11.0. The van der Waals surface area contributed by atoms with Gasteiger partial charge in [-0.1, -0.05) is 33.6 Å². The first-order valence-electron chi connectivity index (χ1n) is 8.13. The summed E-state index contributed by atoms with van der Waals surface area (Å²) in [6, 6.07) is -0.0463. The quantitative estimate of drug-likeness (QED) is 0.587. The van der Waals surface area contributed by atoms with Crippen molar-refractivity contribution in [3.8, 4) is 0 Å². The second-order valence-electron chi connectivity index (χ2n) is 4.68. The summed E-state index contributed by atoms with van der Waals surface area (Å²) < 4.78 is 0. The van der Waals surface area contributed by atoms with Gasteiger partial charge in [-0.15, -0.1) is 5.06 Å². The lowest BCUT2D eigenvalue weighted by Crippen LogP contribution is -2.31. The maximum Gasteiger partial charge on any atom is 0.333 e. The number of hydrogen-bond donors (Lipinski definition) is 2. The smallest absolute Gasteiger partial charge is 0.333 e. The SMILES string of the molecule is CC.CCCCCC(=O)ON1C(=O)CCC1=O.O=C1NCCN1. The minimum absolute atomic E-state index is 0.0463. The second-order valence-corrected chi connectivity index (χ2v) is 4.68. The molecule has 132 valence electrons. The molecule has 2 N–H and O–H groups in total. The fourth-order valence-electron chi connectivity index (χ4n) is 1.74. The first-order valence-corrected chi connectivity index (χ1v) is 8.13. The van der Waals surface area contributed by atoms with E-state index in [0.717, 1.165) is 32.4 Å². The maximum atomic E-state index is 11.2. The van der Waals surface area contributed by atoms with Gasteiger partial charge in [-0.2, -0.15) is 0 Å². The lowest BCUT2D eigenvalue weighted by Gasteiger charge is -2.12. The molecule has 2 aliphatic rings. The Morgan fingerprint density at radius 2 is 1.57 bits per heavy atom. The van der Waals surface area contributed by atoms with Gasteiger partial charge in [0.25, 0.3) is 11.8 Å². The van der Waals surface area contributed by atoms with E-state index >= 15 is 0 Å². The second kappa shape index (κ2) is 12.4. The highest BCUT2D eigenvalue weighted by Gasteiger charge is 2.32. The van der Waals surface area contributed by atoms with Crippen LogP contribution in [0.2, 0.25) is 0 Å². The van der Waals surface area contributed by atoms with E-state index in [9.17, 15) is 19.2 Å². The highest BCUT2D eigenvalue weighted by atomic mass is 16.7. The Morgan fingerprint density at radius 1 is 1.04 bits per heavy atom. The molecule has 23 heavy (non-hydrogen) atoms. The van der Waals surface area contributed by atoms with Crippen LogP contribution in [0.1, 0.15) is 59.3 Å². The molecule has 0 saturated carbocycles. The fraction of sp³-hybridized carbons (Fsp3) is 0.733. The number of rotatable bonds is 5. The Balaban J connectivity index is 0.000000501. The van der Waals surface area contributed by atoms with Crippen LogP contribution in [0.25, 0.3) is 0 Å². The van der Waals surface area contributed by atoms with E-state index in [1.165, 1.54) is 0 Å². The molecule has 0 bridgehead atoms. The molecule has 0 atom stereocenters. The molecule has 8 heteroatoms. The summed E-state index contributed by atoms with van der Waals surface area (Å²) in [6.45, 7) is 7.58. The predicted molar refractivity (Wildman–Crippen MR) is 84.1 cm³/mol. The van der Waals surface area contributed by atoms with Crippen molar-refractivity contribution in [3.05, 3.63) is 0 Å². The van der Waals surface area contributed by atoms with Crippen molar-refractivity contribution in [2.45, 2.75) is 59.3 Å². The van der Waals surface area contributed by atoms with E-state index in [4.69, 9.17) is 0 Å². The van der Waals surface area contributed by atoms with Gasteiger partial charge in [0.05, 0.1) is 0 Å². The molecule has 0 aromatic carbocycles. The molecule has 4 amide bonds. The number of unbranched alkanes of at least 4 members (excludes halogenated alkanes) is 2. The lowest BCUT2D eigenvalue weighted by molar-refractivity contribution is -0.197. The molecule has 2 rings (SSSR count). The third kappa shape index (κ3) is 8.80. The Bertz CT molecular complexity index is 388. The number of nitrogens with zero attached hydrogens (tertiary/aromatic N) is 1. The number of urea groups is 1. The van der Waals surface area contributed by atoms with Crippen molar-refractivity contribution in [2.75, 3.05) is 13.1 Å². The summed E-state index contributed by atoms with van der Waals surface area (Å²) in [6.07, 6.45) is 3.21. The van der Waals surface area contributed by atoms with Gasteiger partial charge in [0, 0.05) is 32.4 Å². The molecule has 2 aliphatic heterocycles. The predicted octanol–water partition coefficient (Wildman–Crippen LogP) is 1.50. The Hall–Kier alpha value is -2.12. The zero-order valence-electron chi connectivity index (χ0n) is 14.1. The highest BCUT2D eigenvalue weighted by Crippen LogP contribution is 2.13. The zero-order valence-corrected chi connectivity index (χ0v) is 14.1. The van der Waals surface area contributed by atoms with Crippen molar-refractivity contribution in [1.29, 1.82) is 0 Å². The number of hydroxylamine groups is 2. The Labute approximate surface area is 136 Å². The summed E-state index contributed by atoms with van der Waals surface area (Å²) in [5.74, 6) is -1.36. The number of carbonyl (C=O) groups is 4. The third-order valence-corrected chi connectivity index (χ3v) is 2.88. The van der Waals surface area contributed by atoms with Crippen LogP contribution in [0, 0.1) is 0 Å². The van der Waals surface area contributed by atoms with Crippen molar-refractivity contribution < 1.29 is 24.0 Å². The van der Waals surface area contributed by atoms with Gasteiger partial charge in [-0.05, 0) is 6.42 Å². The standard InChI is InChI=1S/C10H15NO4.C3H6N2O.C2H6/c1-2-3-4-5-10(14)15-11-8(12)6-7-9(11)13;6-3-4-1-2-5-3;1-2/h2-7H2,1H3;1-2H2,(H2,4,5,6);1-2H3. The van der Waals surface area contributed by atoms with Crippen LogP contribution in [0.15, 0.2) is 0 Å². The zero-order chi connectivity index (χ0) is 17.7. The van der Waals surface area contributed by atoms with E-state index in [1.54, 1.807) is 0 Å². The topological polar surface area (TPSA) is 105 Å². The van der Waals surface area contributed by atoms with E-state index in [1.807, 2.05) is 20.8 Å². The molecule has 0 unspecified atom stereocenters. The number of amides is 4. The van der Waals surface area contributed by atoms with Crippen molar-refractivity contribution in [3.63, 3.8) is 0 Å². The van der Waals surface area contributed by atoms with Crippen LogP contribution >= 0.6 is 0 Å². The molecule has 0 aliphatic carbocycles. The van der Waals surface area contributed by atoms with Crippen molar-refractivity contribution in [2.24, 2.45) is 0 Å². The van der Waals surface area contributed by atoms with Crippen LogP contribution in [-0.2, 0) is 19.2 Å². The first kappa shape index (κ1) is 20.9. The van der Waals surface area contributed by atoms with Crippen LogP contribution < -0.4 is 10.6 Å². The molecule has 2 fully saturated rings. The van der Waals surface area contributed by atoms with Gasteiger partial charge >= 0.3 is 12.0 Å². The maximum absolute atomic E-state index is 11.2. The largest absolute Gasteiger partial charge is 0.336 e. The van der Waals surface area contributed by atoms with Gasteiger partial charge in [0.15, 0.2) is 0 Å². The van der Waals surface area contributed by atoms with E-state index < -0.39 is 17.8 Å². The average Bonchev–Trinajstić information content (AvgIpc) is 3.14. The van der Waals surface area contributed by atoms with E-state index in [0.29, 0.717) is 5.06 Å². The van der Waals surface area contributed by atoms with Crippen LogP contribution in [0.4, 0.5) is 4.79 Å². The summed E-state index contributed by atoms with van der Waals surface area (Å²) in [4.78, 5) is 48.1. The van der Waals surface area contributed by atoms with Gasteiger partial charge in [-0.25, -0.2) is 9.59 Å². The molecule has 2 heterocycles. The molecule has 0 radical (unpaired) electrons. The van der Waals surface area contributed by atoms with Crippen LogP contribution in [-0.4, -0.2) is 42.0 Å². The van der Waals surface area contributed by atoms with Crippen molar-refractivity contribution in [1.82, 2.24) is 15.7 Å². The molecule has 0 aromatic heterocycles. The summed E-state index contributed by atoms with van der Waals surface area (Å²) in [5.41, 5.74) is 0. The van der Waals surface area contributed by atoms with Gasteiger partial charge in [0.2, 0.25) is 0 Å². The normalized spacial score (nSPS) is 15.8. The van der Waals surface area contributed by atoms with E-state index in [-0.39, 0.29) is 25.3 Å². The Kier molecular flexibility index (Phi) is 11.3. The Morgan fingerprint density at radius 3 is 1.96 bits per heavy atom. The number of imide groups is 1. The third-order valence-electron chi connectivity index (χ3n) is 2.88. The highest BCUT2D eigenvalue weighted by molar-refractivity contribution is 6.01. The van der Waals surface area contributed by atoms with Crippen molar-refractivity contribution >= 4 is 23.8 Å². The monoisotopic (exact) mass is 329 g/mol. The lowest BCUT2D eigenvalue weighted by atomic mass is 10.2.